The van der Waals surface area contributed by atoms with Crippen LogP contribution in [0.15, 0.2) is 72.8 Å². The number of carbonyl (C=O) groups is 1. The summed E-state index contributed by atoms with van der Waals surface area (Å²) in [6, 6.07) is 23.8. The Morgan fingerprint density at radius 3 is 2.26 bits per heavy atom. The predicted molar refractivity (Wildman–Crippen MR) is 108 cm³/mol. The summed E-state index contributed by atoms with van der Waals surface area (Å²) in [5.41, 5.74) is 4.55. The molecule has 0 aromatic heterocycles. The summed E-state index contributed by atoms with van der Waals surface area (Å²) in [7, 11) is 0. The SMILES string of the molecule is Cc1ccc(OCCCC(=O)Oc2ccc(-c3ccccc3)cc2)c(C)c1. The average molecular weight is 360 g/mol. The van der Waals surface area contributed by atoms with Crippen molar-refractivity contribution in [2.45, 2.75) is 26.7 Å². The summed E-state index contributed by atoms with van der Waals surface area (Å²) in [5.74, 6) is 1.19. The minimum absolute atomic E-state index is 0.244. The van der Waals surface area contributed by atoms with E-state index < -0.39 is 0 Å². The van der Waals surface area contributed by atoms with E-state index >= 15 is 0 Å². The van der Waals surface area contributed by atoms with Crippen LogP contribution in [0.2, 0.25) is 0 Å². The second-order valence-corrected chi connectivity index (χ2v) is 6.59. The zero-order valence-electron chi connectivity index (χ0n) is 15.8. The number of rotatable bonds is 7. The highest BCUT2D eigenvalue weighted by atomic mass is 16.5. The van der Waals surface area contributed by atoms with Gasteiger partial charge >= 0.3 is 5.97 Å². The highest BCUT2D eigenvalue weighted by molar-refractivity contribution is 5.73. The molecular formula is C24H24O3. The highest BCUT2D eigenvalue weighted by Gasteiger charge is 2.06. The van der Waals surface area contributed by atoms with Crippen LogP contribution in [0.1, 0.15) is 24.0 Å². The molecular weight excluding hydrogens is 336 g/mol. The lowest BCUT2D eigenvalue weighted by molar-refractivity contribution is -0.134. The molecule has 3 aromatic rings. The van der Waals surface area contributed by atoms with Gasteiger partial charge in [-0.15, -0.1) is 0 Å². The Morgan fingerprint density at radius 1 is 0.852 bits per heavy atom. The smallest absolute Gasteiger partial charge is 0.311 e. The maximum absolute atomic E-state index is 12.0. The first-order valence-corrected chi connectivity index (χ1v) is 9.18. The molecule has 0 radical (unpaired) electrons. The number of aryl methyl sites for hydroxylation is 2. The van der Waals surface area contributed by atoms with Crippen molar-refractivity contribution in [3.8, 4) is 22.6 Å². The van der Waals surface area contributed by atoms with Crippen LogP contribution in [0.25, 0.3) is 11.1 Å². The number of ether oxygens (including phenoxy) is 2. The zero-order chi connectivity index (χ0) is 19.1. The van der Waals surface area contributed by atoms with Gasteiger partial charge in [0, 0.05) is 6.42 Å². The molecule has 0 aliphatic heterocycles. The molecule has 0 saturated heterocycles. The summed E-state index contributed by atoms with van der Waals surface area (Å²) in [4.78, 5) is 12.0. The van der Waals surface area contributed by atoms with E-state index in [-0.39, 0.29) is 5.97 Å². The molecule has 0 amide bonds. The van der Waals surface area contributed by atoms with Gasteiger partial charge in [-0.3, -0.25) is 4.79 Å². The van der Waals surface area contributed by atoms with Crippen molar-refractivity contribution in [3.63, 3.8) is 0 Å². The van der Waals surface area contributed by atoms with Gasteiger partial charge in [0.15, 0.2) is 0 Å². The first-order valence-electron chi connectivity index (χ1n) is 9.18. The third-order valence-corrected chi connectivity index (χ3v) is 4.31. The van der Waals surface area contributed by atoms with Gasteiger partial charge < -0.3 is 9.47 Å². The molecule has 3 rings (SSSR count). The normalized spacial score (nSPS) is 10.4. The number of hydrogen-bond acceptors (Lipinski definition) is 3. The Balaban J connectivity index is 1.44. The van der Waals surface area contributed by atoms with Crippen LogP contribution in [-0.4, -0.2) is 12.6 Å². The molecule has 0 spiro atoms. The van der Waals surface area contributed by atoms with Crippen molar-refractivity contribution in [2.24, 2.45) is 0 Å². The van der Waals surface area contributed by atoms with Gasteiger partial charge in [0.05, 0.1) is 6.61 Å². The Morgan fingerprint density at radius 2 is 1.56 bits per heavy atom. The Kier molecular flexibility index (Phi) is 6.26. The maximum atomic E-state index is 12.0. The lowest BCUT2D eigenvalue weighted by atomic mass is 10.1. The molecule has 0 aliphatic rings. The Labute approximate surface area is 160 Å². The molecule has 138 valence electrons. The van der Waals surface area contributed by atoms with Crippen molar-refractivity contribution in [1.29, 1.82) is 0 Å². The fourth-order valence-electron chi connectivity index (χ4n) is 2.89. The summed E-state index contributed by atoms with van der Waals surface area (Å²) >= 11 is 0. The zero-order valence-corrected chi connectivity index (χ0v) is 15.8. The summed E-state index contributed by atoms with van der Waals surface area (Å²) < 4.78 is 11.2. The monoisotopic (exact) mass is 360 g/mol. The summed E-state index contributed by atoms with van der Waals surface area (Å²) in [6.45, 7) is 4.57. The molecule has 0 fully saturated rings. The van der Waals surface area contributed by atoms with E-state index in [2.05, 4.69) is 25.1 Å². The fourth-order valence-corrected chi connectivity index (χ4v) is 2.89. The third-order valence-electron chi connectivity index (χ3n) is 4.31. The van der Waals surface area contributed by atoms with Crippen molar-refractivity contribution < 1.29 is 14.3 Å². The maximum Gasteiger partial charge on any atom is 0.311 e. The highest BCUT2D eigenvalue weighted by Crippen LogP contribution is 2.22. The molecule has 3 nitrogen and oxygen atoms in total. The summed E-state index contributed by atoms with van der Waals surface area (Å²) in [6.07, 6.45) is 0.944. The van der Waals surface area contributed by atoms with Gasteiger partial charge in [-0.2, -0.15) is 0 Å². The molecule has 0 unspecified atom stereocenters. The number of benzene rings is 3. The van der Waals surface area contributed by atoms with Crippen LogP contribution in [-0.2, 0) is 4.79 Å². The second-order valence-electron chi connectivity index (χ2n) is 6.59. The first kappa shape index (κ1) is 18.7. The van der Waals surface area contributed by atoms with Crippen LogP contribution >= 0.6 is 0 Å². The van der Waals surface area contributed by atoms with Gasteiger partial charge in [0.25, 0.3) is 0 Å². The van der Waals surface area contributed by atoms with E-state index in [0.29, 0.717) is 25.2 Å². The van der Waals surface area contributed by atoms with E-state index in [9.17, 15) is 4.79 Å². The van der Waals surface area contributed by atoms with Crippen molar-refractivity contribution in [1.82, 2.24) is 0 Å². The van der Waals surface area contributed by atoms with Gasteiger partial charge in [-0.25, -0.2) is 0 Å². The Bertz CT molecular complexity index is 883. The third kappa shape index (κ3) is 5.45. The molecule has 3 aromatic carbocycles. The minimum Gasteiger partial charge on any atom is -0.493 e. The molecule has 0 bridgehead atoms. The molecule has 0 aliphatic carbocycles. The topological polar surface area (TPSA) is 35.5 Å². The largest absolute Gasteiger partial charge is 0.493 e. The van der Waals surface area contributed by atoms with Gasteiger partial charge in [-0.05, 0) is 55.2 Å². The average Bonchev–Trinajstić information content (AvgIpc) is 2.68. The molecule has 3 heteroatoms. The number of esters is 1. The van der Waals surface area contributed by atoms with Crippen molar-refractivity contribution in [2.75, 3.05) is 6.61 Å². The predicted octanol–water partition coefficient (Wildman–Crippen LogP) is 5.74. The van der Waals surface area contributed by atoms with Gasteiger partial charge in [-0.1, -0.05) is 60.2 Å². The molecule has 0 saturated carbocycles. The molecule has 0 atom stereocenters. The first-order chi connectivity index (χ1) is 13.1. The molecule has 27 heavy (non-hydrogen) atoms. The van der Waals surface area contributed by atoms with Crippen molar-refractivity contribution >= 4 is 5.97 Å². The van der Waals surface area contributed by atoms with Gasteiger partial charge in [0.1, 0.15) is 11.5 Å². The minimum atomic E-state index is -0.244. The number of hydrogen-bond donors (Lipinski definition) is 0. The van der Waals surface area contributed by atoms with Gasteiger partial charge in [0.2, 0.25) is 0 Å². The van der Waals surface area contributed by atoms with Crippen LogP contribution in [0.5, 0.6) is 11.5 Å². The van der Waals surface area contributed by atoms with E-state index in [1.165, 1.54) is 5.56 Å². The van der Waals surface area contributed by atoms with Crippen LogP contribution < -0.4 is 9.47 Å². The van der Waals surface area contributed by atoms with E-state index in [1.54, 1.807) is 0 Å². The second kappa shape index (κ2) is 9.04. The van der Waals surface area contributed by atoms with Crippen LogP contribution in [0, 0.1) is 13.8 Å². The van der Waals surface area contributed by atoms with E-state index in [0.717, 1.165) is 22.4 Å². The van der Waals surface area contributed by atoms with Crippen LogP contribution in [0.4, 0.5) is 0 Å². The quantitative estimate of drug-likeness (QED) is 0.306. The molecule has 0 N–H and O–H groups in total. The lowest BCUT2D eigenvalue weighted by Crippen LogP contribution is -2.10. The number of carbonyl (C=O) groups excluding carboxylic acids is 1. The van der Waals surface area contributed by atoms with Crippen LogP contribution in [0.3, 0.4) is 0 Å². The van der Waals surface area contributed by atoms with Crippen molar-refractivity contribution in [3.05, 3.63) is 83.9 Å². The summed E-state index contributed by atoms with van der Waals surface area (Å²) in [5, 5.41) is 0. The lowest BCUT2D eigenvalue weighted by Gasteiger charge is -2.10. The molecule has 0 heterocycles. The fraction of sp³-hybridized carbons (Fsp3) is 0.208. The van der Waals surface area contributed by atoms with E-state index in [4.69, 9.17) is 9.47 Å². The standard InChI is InChI=1S/C24H24O3/c1-18-10-15-23(19(2)17-18)26-16-6-9-24(25)27-22-13-11-21(12-14-22)20-7-4-3-5-8-20/h3-5,7-8,10-15,17H,6,9,16H2,1-2H3. The Hall–Kier alpha value is -3.07. The van der Waals surface area contributed by atoms with E-state index in [1.807, 2.05) is 61.5 Å².